The Hall–Kier alpha value is -7.13. The Labute approximate surface area is 356 Å². The second kappa shape index (κ2) is 15.6. The summed E-state index contributed by atoms with van der Waals surface area (Å²) < 4.78 is 0. The Morgan fingerprint density at radius 2 is 1.00 bits per heavy atom. The average Bonchev–Trinajstić information content (AvgIpc) is 3.33. The molecule has 3 heterocycles. The van der Waals surface area contributed by atoms with E-state index in [1.54, 1.807) is 0 Å². The van der Waals surface area contributed by atoms with Gasteiger partial charge in [-0.05, 0) is 51.7 Å². The lowest BCUT2D eigenvalue weighted by atomic mass is 9.96. The van der Waals surface area contributed by atoms with Gasteiger partial charge in [-0.25, -0.2) is 24.9 Å². The molecular weight excluding hydrogens is 773 g/mol. The van der Waals surface area contributed by atoms with E-state index < -0.39 is 0 Å². The molecule has 1 atom stereocenters. The van der Waals surface area contributed by atoms with E-state index in [1.165, 1.54) is 19.6 Å². The number of hydrogen-bond acceptors (Lipinski definition) is 8. The first kappa shape index (κ1) is 36.0. The van der Waals surface area contributed by atoms with Gasteiger partial charge in [0.2, 0.25) is 0 Å². The molecule has 2 aliphatic heterocycles. The Morgan fingerprint density at radius 1 is 0.417 bits per heavy atom. The summed E-state index contributed by atoms with van der Waals surface area (Å²) in [6.07, 6.45) is -0.364. The van der Waals surface area contributed by atoms with E-state index in [0.717, 1.165) is 61.1 Å². The maximum absolute atomic E-state index is 5.31. The van der Waals surface area contributed by atoms with Gasteiger partial charge in [0.1, 0.15) is 12.0 Å². The van der Waals surface area contributed by atoms with E-state index in [9.17, 15) is 0 Å². The van der Waals surface area contributed by atoms with Crippen molar-refractivity contribution in [3.8, 4) is 45.3 Å². The van der Waals surface area contributed by atoms with Crippen LogP contribution < -0.4 is 5.32 Å². The fourth-order valence-corrected chi connectivity index (χ4v) is 10.1. The summed E-state index contributed by atoms with van der Waals surface area (Å²) in [6.45, 7) is 0. The standard InChI is InChI=1S/C52H34N6S2/c1-4-17-34(18-5-1)47-53-48(35-19-6-2-7-20-35)57-52(56-47)42-32-37(30-31-39(42)40-25-15-29-45-46(40)60-44-28-13-12-27-43(44)59-45)50-54-49(36-21-8-3-9-22-36)55-51(58-50)41-26-14-23-33-16-10-11-24-38(33)41/h1-32,49H,(H,54,55,58). The smallest absolute Gasteiger partial charge is 0.164 e. The molecule has 6 nitrogen and oxygen atoms in total. The summed E-state index contributed by atoms with van der Waals surface area (Å²) >= 11 is 3.62. The molecule has 8 heteroatoms. The molecule has 1 N–H and O–H groups in total. The highest BCUT2D eigenvalue weighted by Gasteiger charge is 2.26. The average molecular weight is 807 g/mol. The highest BCUT2D eigenvalue weighted by atomic mass is 32.2. The van der Waals surface area contributed by atoms with Gasteiger partial charge in [0.15, 0.2) is 23.3 Å². The summed E-state index contributed by atoms with van der Waals surface area (Å²) in [5.41, 5.74) is 7.72. The number of amidine groups is 2. The third-order valence-electron chi connectivity index (χ3n) is 10.7. The van der Waals surface area contributed by atoms with E-state index in [-0.39, 0.29) is 6.17 Å². The van der Waals surface area contributed by atoms with Crippen molar-refractivity contribution in [3.05, 3.63) is 211 Å². The molecule has 0 radical (unpaired) electrons. The molecule has 2 aliphatic rings. The maximum atomic E-state index is 5.31. The van der Waals surface area contributed by atoms with Crippen LogP contribution in [0.15, 0.2) is 224 Å². The number of fused-ring (bicyclic) bond motifs is 3. The van der Waals surface area contributed by atoms with Crippen molar-refractivity contribution in [2.75, 3.05) is 0 Å². The van der Waals surface area contributed by atoms with Gasteiger partial charge >= 0.3 is 0 Å². The van der Waals surface area contributed by atoms with Crippen molar-refractivity contribution >= 4 is 46.0 Å². The molecule has 0 saturated carbocycles. The van der Waals surface area contributed by atoms with E-state index in [1.807, 2.05) is 102 Å². The largest absolute Gasteiger partial charge is 0.344 e. The van der Waals surface area contributed by atoms with Crippen LogP contribution in [0, 0.1) is 0 Å². The predicted molar refractivity (Wildman–Crippen MR) is 246 cm³/mol. The van der Waals surface area contributed by atoms with Crippen molar-refractivity contribution in [1.29, 1.82) is 0 Å². The number of benzene rings is 8. The van der Waals surface area contributed by atoms with E-state index in [0.29, 0.717) is 23.3 Å². The van der Waals surface area contributed by atoms with E-state index >= 15 is 0 Å². The molecule has 284 valence electrons. The van der Waals surface area contributed by atoms with Gasteiger partial charge in [-0.2, -0.15) is 0 Å². The molecule has 1 unspecified atom stereocenters. The first-order valence-corrected chi connectivity index (χ1v) is 21.4. The molecule has 0 aliphatic carbocycles. The Balaban J connectivity index is 1.14. The third-order valence-corrected chi connectivity index (χ3v) is 13.3. The zero-order valence-corrected chi connectivity index (χ0v) is 33.7. The molecule has 0 saturated heterocycles. The highest BCUT2D eigenvalue weighted by Crippen LogP contribution is 2.52. The van der Waals surface area contributed by atoms with Crippen LogP contribution in [0.25, 0.3) is 56.1 Å². The molecule has 60 heavy (non-hydrogen) atoms. The fourth-order valence-electron chi connectivity index (χ4n) is 7.75. The number of aliphatic imine (C=N–C) groups is 2. The first-order valence-electron chi connectivity index (χ1n) is 19.8. The van der Waals surface area contributed by atoms with Gasteiger partial charge < -0.3 is 5.32 Å². The second-order valence-corrected chi connectivity index (χ2v) is 16.6. The van der Waals surface area contributed by atoms with Gasteiger partial charge in [0.25, 0.3) is 0 Å². The summed E-state index contributed by atoms with van der Waals surface area (Å²) in [5.74, 6) is 3.15. The van der Waals surface area contributed by atoms with Gasteiger partial charge in [0.05, 0.1) is 0 Å². The molecule has 0 bridgehead atoms. The predicted octanol–water partition coefficient (Wildman–Crippen LogP) is 12.8. The van der Waals surface area contributed by atoms with Crippen LogP contribution >= 0.6 is 23.5 Å². The topological polar surface area (TPSA) is 75.4 Å². The van der Waals surface area contributed by atoms with Crippen molar-refractivity contribution in [2.24, 2.45) is 9.98 Å². The van der Waals surface area contributed by atoms with Gasteiger partial charge in [-0.15, -0.1) is 0 Å². The van der Waals surface area contributed by atoms with Crippen LogP contribution in [0.2, 0.25) is 0 Å². The van der Waals surface area contributed by atoms with Gasteiger partial charge in [-0.3, -0.25) is 0 Å². The number of nitrogens with one attached hydrogen (secondary N) is 1. The molecule has 0 fully saturated rings. The summed E-state index contributed by atoms with van der Waals surface area (Å²) in [6, 6.07) is 67.0. The molecular formula is C52H34N6S2. The third kappa shape index (κ3) is 6.85. The molecule has 0 amide bonds. The van der Waals surface area contributed by atoms with Gasteiger partial charge in [-0.1, -0.05) is 193 Å². The summed E-state index contributed by atoms with van der Waals surface area (Å²) in [5, 5.41) is 5.95. The van der Waals surface area contributed by atoms with Crippen molar-refractivity contribution < 1.29 is 0 Å². The van der Waals surface area contributed by atoms with E-state index in [4.69, 9.17) is 24.9 Å². The maximum Gasteiger partial charge on any atom is 0.164 e. The van der Waals surface area contributed by atoms with Crippen LogP contribution in [0.4, 0.5) is 0 Å². The zero-order valence-electron chi connectivity index (χ0n) is 32.1. The monoisotopic (exact) mass is 806 g/mol. The minimum absolute atomic E-state index is 0.364. The molecule has 0 spiro atoms. The summed E-state index contributed by atoms with van der Waals surface area (Å²) in [7, 11) is 0. The van der Waals surface area contributed by atoms with Crippen molar-refractivity contribution in [3.63, 3.8) is 0 Å². The van der Waals surface area contributed by atoms with Crippen molar-refractivity contribution in [1.82, 2.24) is 20.3 Å². The Bertz CT molecular complexity index is 3070. The summed E-state index contributed by atoms with van der Waals surface area (Å²) in [4.78, 5) is 31.1. The Kier molecular flexibility index (Phi) is 9.33. The fraction of sp³-hybridized carbons (Fsp3) is 0.0192. The number of aromatic nitrogens is 3. The normalized spacial score (nSPS) is 14.4. The van der Waals surface area contributed by atoms with Gasteiger partial charge in [0, 0.05) is 47.4 Å². The zero-order chi connectivity index (χ0) is 39.8. The van der Waals surface area contributed by atoms with Crippen LogP contribution in [-0.4, -0.2) is 26.6 Å². The van der Waals surface area contributed by atoms with Crippen molar-refractivity contribution in [2.45, 2.75) is 25.7 Å². The first-order chi connectivity index (χ1) is 29.7. The van der Waals surface area contributed by atoms with Crippen LogP contribution in [-0.2, 0) is 0 Å². The number of rotatable bonds is 7. The lowest BCUT2D eigenvalue weighted by Gasteiger charge is -2.25. The quantitative estimate of drug-likeness (QED) is 0.173. The molecule has 1 aromatic heterocycles. The number of hydrogen-bond donors (Lipinski definition) is 1. The second-order valence-electron chi connectivity index (χ2n) is 14.5. The SMILES string of the molecule is c1ccc(-c2nc(-c3ccccc3)nc(-c3cc(C4=NC(c5ccccc5)NC(c5cccc6ccccc56)=N4)ccc3-c3cccc4c3Sc3ccccc3S4)n2)cc1. The van der Waals surface area contributed by atoms with Crippen LogP contribution in [0.1, 0.15) is 22.9 Å². The number of nitrogens with zero attached hydrogens (tertiary/aromatic N) is 5. The lowest BCUT2D eigenvalue weighted by Crippen LogP contribution is -2.33. The minimum Gasteiger partial charge on any atom is -0.344 e. The lowest BCUT2D eigenvalue weighted by molar-refractivity contribution is 0.674. The molecule has 8 aromatic carbocycles. The Morgan fingerprint density at radius 3 is 1.75 bits per heavy atom. The molecule has 11 rings (SSSR count). The minimum atomic E-state index is -0.364. The van der Waals surface area contributed by atoms with Crippen LogP contribution in [0.5, 0.6) is 0 Å². The highest BCUT2D eigenvalue weighted by molar-refractivity contribution is 8.05. The van der Waals surface area contributed by atoms with Crippen LogP contribution in [0.3, 0.4) is 0 Å². The van der Waals surface area contributed by atoms with E-state index in [2.05, 4.69) is 121 Å². The molecule has 9 aromatic rings.